The molecule has 0 atom stereocenters. The number of nitrogens with one attached hydrogen (secondary N) is 1. The van der Waals surface area contributed by atoms with Gasteiger partial charge in [-0.3, -0.25) is 9.69 Å². The van der Waals surface area contributed by atoms with E-state index in [9.17, 15) is 10.1 Å². The molecule has 3 rings (SSSR count). The zero-order chi connectivity index (χ0) is 17.1. The third-order valence-electron chi connectivity index (χ3n) is 4.11. The van der Waals surface area contributed by atoms with Gasteiger partial charge in [-0.05, 0) is 43.4 Å². The highest BCUT2D eigenvalue weighted by atomic mass is 32.1. The Kier molecular flexibility index (Phi) is 5.14. The van der Waals surface area contributed by atoms with Gasteiger partial charge in [0, 0.05) is 35.0 Å². The number of carbonyl (C=O) groups is 1. The molecule has 0 radical (unpaired) electrons. The fourth-order valence-electron chi connectivity index (χ4n) is 2.77. The van der Waals surface area contributed by atoms with Crippen LogP contribution in [0.4, 0.5) is 5.00 Å². The second-order valence-electron chi connectivity index (χ2n) is 5.97. The van der Waals surface area contributed by atoms with E-state index in [2.05, 4.69) is 30.1 Å². The van der Waals surface area contributed by atoms with Crippen molar-refractivity contribution in [2.24, 2.45) is 0 Å². The molecule has 6 heteroatoms. The average Bonchev–Trinajstić information content (AvgIpc) is 3.19. The van der Waals surface area contributed by atoms with Gasteiger partial charge in [-0.2, -0.15) is 5.26 Å². The fourth-order valence-corrected chi connectivity index (χ4v) is 4.61. The van der Waals surface area contributed by atoms with Crippen molar-refractivity contribution < 1.29 is 4.79 Å². The Balaban J connectivity index is 1.77. The van der Waals surface area contributed by atoms with Crippen molar-refractivity contribution in [2.75, 3.05) is 11.9 Å². The van der Waals surface area contributed by atoms with Crippen molar-refractivity contribution in [1.29, 1.82) is 5.26 Å². The maximum atomic E-state index is 12.2. The first kappa shape index (κ1) is 16.9. The van der Waals surface area contributed by atoms with E-state index >= 15 is 0 Å². The van der Waals surface area contributed by atoms with Gasteiger partial charge in [-0.15, -0.1) is 22.7 Å². The first-order chi connectivity index (χ1) is 11.6. The minimum absolute atomic E-state index is 0.195. The van der Waals surface area contributed by atoms with E-state index in [4.69, 9.17) is 0 Å². The van der Waals surface area contributed by atoms with Crippen LogP contribution in [0.5, 0.6) is 0 Å². The van der Waals surface area contributed by atoms with Crippen LogP contribution in [0.15, 0.2) is 23.6 Å². The predicted molar refractivity (Wildman–Crippen MR) is 100 cm³/mol. The van der Waals surface area contributed by atoms with Crippen LogP contribution >= 0.6 is 22.7 Å². The molecule has 1 aliphatic rings. The van der Waals surface area contributed by atoms with E-state index in [1.165, 1.54) is 22.3 Å². The Morgan fingerprint density at radius 2 is 2.33 bits per heavy atom. The van der Waals surface area contributed by atoms with Gasteiger partial charge < -0.3 is 5.32 Å². The number of hydrogen-bond acceptors (Lipinski definition) is 5. The smallest absolute Gasteiger partial charge is 0.249 e. The summed E-state index contributed by atoms with van der Waals surface area (Å²) in [6.45, 7) is 6.18. The Bertz CT molecular complexity index is 797. The summed E-state index contributed by atoms with van der Waals surface area (Å²) in [5.41, 5.74) is 1.74. The molecule has 1 amide bonds. The van der Waals surface area contributed by atoms with Gasteiger partial charge in [0.1, 0.15) is 11.1 Å². The Morgan fingerprint density at radius 3 is 3.00 bits per heavy atom. The van der Waals surface area contributed by atoms with Crippen LogP contribution in [-0.2, 0) is 17.8 Å². The number of amides is 1. The summed E-state index contributed by atoms with van der Waals surface area (Å²) >= 11 is 3.11. The molecule has 0 unspecified atom stereocenters. The van der Waals surface area contributed by atoms with Crippen LogP contribution in [0.25, 0.3) is 6.08 Å². The molecule has 1 aliphatic heterocycles. The number of carbonyl (C=O) groups excluding carboxylic acids is 1. The lowest BCUT2D eigenvalue weighted by atomic mass is 10.0. The second-order valence-corrected chi connectivity index (χ2v) is 8.06. The molecule has 0 spiro atoms. The lowest BCUT2D eigenvalue weighted by Gasteiger charge is -2.30. The Hall–Kier alpha value is -1.94. The van der Waals surface area contributed by atoms with Gasteiger partial charge in [0.25, 0.3) is 0 Å². The van der Waals surface area contributed by atoms with E-state index in [1.54, 1.807) is 17.4 Å². The molecule has 2 aromatic rings. The summed E-state index contributed by atoms with van der Waals surface area (Å²) in [4.78, 5) is 16.8. The molecular weight excluding hydrogens is 338 g/mol. The number of nitriles is 1. The summed E-state index contributed by atoms with van der Waals surface area (Å²) in [6, 6.07) is 6.67. The summed E-state index contributed by atoms with van der Waals surface area (Å²) in [5.74, 6) is -0.195. The minimum Gasteiger partial charge on any atom is -0.313 e. The SMILES string of the molecule is CC(C)N1CCc2c(sc(NC(=O)/C=C/c3cccs3)c2C#N)C1. The average molecular weight is 358 g/mol. The second kappa shape index (κ2) is 7.31. The zero-order valence-corrected chi connectivity index (χ0v) is 15.3. The van der Waals surface area contributed by atoms with Crippen LogP contribution in [0.1, 0.15) is 34.7 Å². The van der Waals surface area contributed by atoms with Crippen molar-refractivity contribution in [3.63, 3.8) is 0 Å². The number of fused-ring (bicyclic) bond motifs is 1. The molecule has 1 N–H and O–H groups in total. The van der Waals surface area contributed by atoms with Gasteiger partial charge in [0.15, 0.2) is 0 Å². The van der Waals surface area contributed by atoms with Crippen LogP contribution in [0.2, 0.25) is 0 Å². The quantitative estimate of drug-likeness (QED) is 0.838. The number of rotatable bonds is 4. The molecule has 124 valence electrons. The lowest BCUT2D eigenvalue weighted by molar-refractivity contribution is -0.111. The summed E-state index contributed by atoms with van der Waals surface area (Å²) < 4.78 is 0. The first-order valence-corrected chi connectivity index (χ1v) is 9.59. The van der Waals surface area contributed by atoms with E-state index < -0.39 is 0 Å². The van der Waals surface area contributed by atoms with Crippen LogP contribution in [-0.4, -0.2) is 23.4 Å². The van der Waals surface area contributed by atoms with Crippen molar-refractivity contribution in [1.82, 2.24) is 4.90 Å². The highest BCUT2D eigenvalue weighted by molar-refractivity contribution is 7.16. The molecule has 2 aromatic heterocycles. The fraction of sp³-hybridized carbons (Fsp3) is 0.333. The highest BCUT2D eigenvalue weighted by Crippen LogP contribution is 2.37. The van der Waals surface area contributed by atoms with Crippen LogP contribution in [0.3, 0.4) is 0 Å². The van der Waals surface area contributed by atoms with E-state index in [0.29, 0.717) is 16.6 Å². The molecule has 3 heterocycles. The van der Waals surface area contributed by atoms with E-state index in [1.807, 2.05) is 17.5 Å². The molecule has 0 fully saturated rings. The molecule has 0 bridgehead atoms. The monoisotopic (exact) mass is 357 g/mol. The number of thiophene rings is 2. The van der Waals surface area contributed by atoms with Crippen molar-refractivity contribution in [3.8, 4) is 6.07 Å². The van der Waals surface area contributed by atoms with Crippen molar-refractivity contribution in [3.05, 3.63) is 44.5 Å². The van der Waals surface area contributed by atoms with Gasteiger partial charge in [-0.1, -0.05) is 6.07 Å². The summed E-state index contributed by atoms with van der Waals surface area (Å²) in [5, 5.41) is 15.0. The summed E-state index contributed by atoms with van der Waals surface area (Å²) in [7, 11) is 0. The number of nitrogens with zero attached hydrogens (tertiary/aromatic N) is 2. The number of anilines is 1. The molecule has 0 saturated heterocycles. The van der Waals surface area contributed by atoms with Gasteiger partial charge >= 0.3 is 0 Å². The van der Waals surface area contributed by atoms with Crippen LogP contribution in [0, 0.1) is 11.3 Å². The maximum Gasteiger partial charge on any atom is 0.249 e. The molecule has 4 nitrogen and oxygen atoms in total. The first-order valence-electron chi connectivity index (χ1n) is 7.89. The molecule has 0 aliphatic carbocycles. The zero-order valence-electron chi connectivity index (χ0n) is 13.7. The predicted octanol–water partition coefficient (Wildman–Crippen LogP) is 4.10. The Labute approximate surface area is 150 Å². The lowest BCUT2D eigenvalue weighted by Crippen LogP contribution is -2.35. The topological polar surface area (TPSA) is 56.1 Å². The minimum atomic E-state index is -0.195. The molecular formula is C18H19N3OS2. The highest BCUT2D eigenvalue weighted by Gasteiger charge is 2.25. The largest absolute Gasteiger partial charge is 0.313 e. The van der Waals surface area contributed by atoms with Crippen molar-refractivity contribution >= 4 is 39.7 Å². The van der Waals surface area contributed by atoms with E-state index in [0.717, 1.165) is 30.0 Å². The standard InChI is InChI=1S/C18H19N3OS2/c1-12(2)21-8-7-14-15(10-19)18(24-16(14)11-21)20-17(22)6-5-13-4-3-9-23-13/h3-6,9,12H,7-8,11H2,1-2H3,(H,20,22)/b6-5+. The summed E-state index contributed by atoms with van der Waals surface area (Å²) in [6.07, 6.45) is 4.18. The van der Waals surface area contributed by atoms with Gasteiger partial charge in [0.2, 0.25) is 5.91 Å². The van der Waals surface area contributed by atoms with Gasteiger partial charge in [-0.25, -0.2) is 0 Å². The van der Waals surface area contributed by atoms with E-state index in [-0.39, 0.29) is 5.91 Å². The maximum absolute atomic E-state index is 12.2. The van der Waals surface area contributed by atoms with Crippen LogP contribution < -0.4 is 5.32 Å². The van der Waals surface area contributed by atoms with Crippen molar-refractivity contribution in [2.45, 2.75) is 32.9 Å². The molecule has 0 saturated carbocycles. The Morgan fingerprint density at radius 1 is 1.50 bits per heavy atom. The normalized spacial score (nSPS) is 14.8. The third-order valence-corrected chi connectivity index (χ3v) is 6.08. The number of hydrogen-bond donors (Lipinski definition) is 1. The molecule has 24 heavy (non-hydrogen) atoms. The molecule has 0 aromatic carbocycles. The van der Waals surface area contributed by atoms with Gasteiger partial charge in [0.05, 0.1) is 5.56 Å². The third kappa shape index (κ3) is 3.59.